The van der Waals surface area contributed by atoms with Crippen molar-refractivity contribution in [2.75, 3.05) is 50.7 Å². The number of hydrogen-bond acceptors (Lipinski definition) is 5. The Morgan fingerprint density at radius 2 is 1.65 bits per heavy atom. The van der Waals surface area contributed by atoms with E-state index in [1.54, 1.807) is 19.1 Å². The predicted octanol–water partition coefficient (Wildman–Crippen LogP) is 3.00. The van der Waals surface area contributed by atoms with Crippen LogP contribution in [0.4, 0.5) is 5.69 Å². The van der Waals surface area contributed by atoms with E-state index in [4.69, 9.17) is 0 Å². The smallest absolute Gasteiger partial charge is 0.240 e. The van der Waals surface area contributed by atoms with E-state index >= 15 is 0 Å². The molecule has 8 heteroatoms. The van der Waals surface area contributed by atoms with Gasteiger partial charge in [0, 0.05) is 51.4 Å². The summed E-state index contributed by atoms with van der Waals surface area (Å²) in [7, 11) is -3.61. The summed E-state index contributed by atoms with van der Waals surface area (Å²) in [4.78, 5) is 17.3. The van der Waals surface area contributed by atoms with Gasteiger partial charge >= 0.3 is 0 Å². The van der Waals surface area contributed by atoms with Crippen LogP contribution >= 0.6 is 0 Å². The molecule has 1 amide bonds. The standard InChI is InChI=1S/C26H38N4O3S/c1-21-7-6-8-24(19-21)30-17-15-29(16-18-30)14-5-4-12-27-26(31)11-13-28-34(32,33)25-20-22(2)9-10-23(25)3/h6-10,19-20,28H,4-5,11-18H2,1-3H3,(H,27,31). The van der Waals surface area contributed by atoms with Gasteiger partial charge in [0.2, 0.25) is 15.9 Å². The van der Waals surface area contributed by atoms with Gasteiger partial charge in [-0.2, -0.15) is 0 Å². The molecule has 34 heavy (non-hydrogen) atoms. The first-order chi connectivity index (χ1) is 16.2. The van der Waals surface area contributed by atoms with E-state index in [0.29, 0.717) is 12.1 Å². The van der Waals surface area contributed by atoms with Gasteiger partial charge in [-0.15, -0.1) is 0 Å². The average molecular weight is 487 g/mol. The Balaban J connectivity index is 1.26. The number of anilines is 1. The number of nitrogens with zero attached hydrogens (tertiary/aromatic N) is 2. The van der Waals surface area contributed by atoms with Crippen molar-refractivity contribution < 1.29 is 13.2 Å². The molecule has 0 radical (unpaired) electrons. The second kappa shape index (κ2) is 12.3. The Hall–Kier alpha value is -2.42. The SMILES string of the molecule is Cc1cccc(N2CCN(CCCCNC(=O)CCNS(=O)(=O)c3cc(C)ccc3C)CC2)c1. The summed E-state index contributed by atoms with van der Waals surface area (Å²) in [6.45, 7) is 11.7. The van der Waals surface area contributed by atoms with Crippen molar-refractivity contribution in [2.45, 2.75) is 44.9 Å². The van der Waals surface area contributed by atoms with Gasteiger partial charge in [0.25, 0.3) is 0 Å². The molecule has 3 rings (SSSR count). The van der Waals surface area contributed by atoms with Crippen LogP contribution in [-0.4, -0.2) is 65.0 Å². The molecule has 0 bridgehead atoms. The number of unbranched alkanes of at least 4 members (excludes halogenated alkanes) is 1. The molecular formula is C26H38N4O3S. The summed E-state index contributed by atoms with van der Waals surface area (Å²) < 4.78 is 27.5. The lowest BCUT2D eigenvalue weighted by molar-refractivity contribution is -0.120. The number of piperazine rings is 1. The van der Waals surface area contributed by atoms with Gasteiger partial charge in [0.15, 0.2) is 0 Å². The van der Waals surface area contributed by atoms with Gasteiger partial charge < -0.3 is 10.2 Å². The van der Waals surface area contributed by atoms with Crippen LogP contribution in [-0.2, 0) is 14.8 Å². The molecule has 1 fully saturated rings. The zero-order valence-electron chi connectivity index (χ0n) is 20.6. The van der Waals surface area contributed by atoms with Crippen LogP contribution in [0.15, 0.2) is 47.4 Å². The fourth-order valence-electron chi connectivity index (χ4n) is 4.20. The highest BCUT2D eigenvalue weighted by Crippen LogP contribution is 2.18. The number of carbonyl (C=O) groups excluding carboxylic acids is 1. The zero-order chi connectivity index (χ0) is 24.6. The Labute approximate surface area is 204 Å². The van der Waals surface area contributed by atoms with Crippen LogP contribution in [0.5, 0.6) is 0 Å². The molecule has 2 aromatic carbocycles. The van der Waals surface area contributed by atoms with Crippen molar-refractivity contribution in [1.82, 2.24) is 14.9 Å². The van der Waals surface area contributed by atoms with E-state index in [1.165, 1.54) is 11.3 Å². The minimum absolute atomic E-state index is 0.0900. The second-order valence-corrected chi connectivity index (χ2v) is 10.9. The van der Waals surface area contributed by atoms with Crippen molar-refractivity contribution >= 4 is 21.6 Å². The van der Waals surface area contributed by atoms with E-state index < -0.39 is 10.0 Å². The predicted molar refractivity (Wildman–Crippen MR) is 138 cm³/mol. The normalized spacial score (nSPS) is 14.9. The van der Waals surface area contributed by atoms with Gasteiger partial charge in [0.1, 0.15) is 0 Å². The van der Waals surface area contributed by atoms with Crippen molar-refractivity contribution in [3.05, 3.63) is 59.2 Å². The van der Waals surface area contributed by atoms with Crippen molar-refractivity contribution in [1.29, 1.82) is 0 Å². The minimum atomic E-state index is -3.61. The van der Waals surface area contributed by atoms with Crippen LogP contribution in [0, 0.1) is 20.8 Å². The number of nitrogens with one attached hydrogen (secondary N) is 2. The third-order valence-corrected chi connectivity index (χ3v) is 7.84. The average Bonchev–Trinajstić information content (AvgIpc) is 2.80. The number of benzene rings is 2. The number of rotatable bonds is 11. The van der Waals surface area contributed by atoms with Crippen molar-refractivity contribution in [2.24, 2.45) is 0 Å². The second-order valence-electron chi connectivity index (χ2n) is 9.14. The highest BCUT2D eigenvalue weighted by Gasteiger charge is 2.18. The van der Waals surface area contributed by atoms with Gasteiger partial charge in [-0.1, -0.05) is 24.3 Å². The van der Waals surface area contributed by atoms with Gasteiger partial charge in [-0.05, 0) is 75.0 Å². The minimum Gasteiger partial charge on any atom is -0.369 e. The van der Waals surface area contributed by atoms with E-state index in [9.17, 15) is 13.2 Å². The first-order valence-corrected chi connectivity index (χ1v) is 13.6. The number of carbonyl (C=O) groups is 1. The molecule has 2 N–H and O–H groups in total. The molecule has 2 aromatic rings. The number of aryl methyl sites for hydroxylation is 3. The quantitative estimate of drug-likeness (QED) is 0.477. The molecule has 1 heterocycles. The van der Waals surface area contributed by atoms with Crippen LogP contribution in [0.2, 0.25) is 0 Å². The highest BCUT2D eigenvalue weighted by molar-refractivity contribution is 7.89. The first kappa shape index (κ1) is 26.2. The molecular weight excluding hydrogens is 448 g/mol. The Bertz CT molecular complexity index is 1060. The molecule has 0 aliphatic carbocycles. The Kier molecular flexibility index (Phi) is 9.50. The maximum Gasteiger partial charge on any atom is 0.240 e. The van der Waals surface area contributed by atoms with Gasteiger partial charge in [-0.3, -0.25) is 9.69 Å². The van der Waals surface area contributed by atoms with Crippen molar-refractivity contribution in [3.8, 4) is 0 Å². The first-order valence-electron chi connectivity index (χ1n) is 12.1. The maximum absolute atomic E-state index is 12.5. The Morgan fingerprint density at radius 3 is 2.38 bits per heavy atom. The van der Waals surface area contributed by atoms with E-state index in [2.05, 4.69) is 51.0 Å². The maximum atomic E-state index is 12.5. The topological polar surface area (TPSA) is 81.8 Å². The van der Waals surface area contributed by atoms with E-state index in [0.717, 1.165) is 51.1 Å². The zero-order valence-corrected chi connectivity index (χ0v) is 21.5. The molecule has 0 saturated carbocycles. The highest BCUT2D eigenvalue weighted by atomic mass is 32.2. The van der Waals surface area contributed by atoms with Crippen LogP contribution < -0.4 is 14.9 Å². The molecule has 1 saturated heterocycles. The lowest BCUT2D eigenvalue weighted by atomic mass is 10.2. The molecule has 7 nitrogen and oxygen atoms in total. The van der Waals surface area contributed by atoms with Crippen molar-refractivity contribution in [3.63, 3.8) is 0 Å². The van der Waals surface area contributed by atoms with Gasteiger partial charge in [0.05, 0.1) is 4.90 Å². The monoisotopic (exact) mass is 486 g/mol. The van der Waals surface area contributed by atoms with Crippen LogP contribution in [0.3, 0.4) is 0 Å². The largest absolute Gasteiger partial charge is 0.369 e. The van der Waals surface area contributed by atoms with Gasteiger partial charge in [-0.25, -0.2) is 13.1 Å². The van der Waals surface area contributed by atoms with Crippen LogP contribution in [0.1, 0.15) is 36.0 Å². The fraction of sp³-hybridized carbons (Fsp3) is 0.500. The fourth-order valence-corrected chi connectivity index (χ4v) is 5.56. The third kappa shape index (κ3) is 7.82. The number of hydrogen-bond donors (Lipinski definition) is 2. The summed E-state index contributed by atoms with van der Waals surface area (Å²) in [5, 5.41) is 2.90. The summed E-state index contributed by atoms with van der Waals surface area (Å²) in [6.07, 6.45) is 2.08. The molecule has 0 unspecified atom stereocenters. The number of sulfonamides is 1. The summed E-state index contributed by atoms with van der Waals surface area (Å²) in [5.41, 5.74) is 4.18. The summed E-state index contributed by atoms with van der Waals surface area (Å²) >= 11 is 0. The summed E-state index contributed by atoms with van der Waals surface area (Å²) in [5.74, 6) is -0.129. The third-order valence-electron chi connectivity index (χ3n) is 6.24. The molecule has 186 valence electrons. The Morgan fingerprint density at radius 1 is 0.912 bits per heavy atom. The molecule has 0 atom stereocenters. The van der Waals surface area contributed by atoms with E-state index in [1.807, 2.05) is 13.0 Å². The lowest BCUT2D eigenvalue weighted by Crippen LogP contribution is -2.46. The molecule has 0 spiro atoms. The molecule has 1 aliphatic rings. The molecule has 0 aromatic heterocycles. The lowest BCUT2D eigenvalue weighted by Gasteiger charge is -2.36. The summed E-state index contributed by atoms with van der Waals surface area (Å²) in [6, 6.07) is 14.0. The molecule has 1 aliphatic heterocycles. The number of amides is 1. The van der Waals surface area contributed by atoms with Crippen LogP contribution in [0.25, 0.3) is 0 Å². The van der Waals surface area contributed by atoms with E-state index in [-0.39, 0.29) is 23.8 Å².